The molecule has 0 saturated carbocycles. The maximum Gasteiger partial charge on any atom is 0.307 e. The molecule has 0 aliphatic heterocycles. The number of carbonyl (C=O) groups excluding carboxylic acids is 1. The fraction of sp³-hybridized carbons (Fsp3) is 0.154. The summed E-state index contributed by atoms with van der Waals surface area (Å²) in [5, 5.41) is 11.6. The first-order valence-electron chi connectivity index (χ1n) is 5.59. The molecule has 0 unspecified atom stereocenters. The molecule has 0 aliphatic rings. The van der Waals surface area contributed by atoms with Crippen LogP contribution < -0.4 is 5.32 Å². The second-order valence-electron chi connectivity index (χ2n) is 3.95. The Morgan fingerprint density at radius 1 is 1.37 bits per heavy atom. The van der Waals surface area contributed by atoms with Crippen molar-refractivity contribution in [3.63, 3.8) is 0 Å². The molecule has 0 atom stereocenters. The number of aromatic nitrogens is 1. The number of amides is 1. The van der Waals surface area contributed by atoms with E-state index in [1.165, 1.54) is 11.3 Å². The molecule has 19 heavy (non-hydrogen) atoms. The average molecular weight is 276 g/mol. The van der Waals surface area contributed by atoms with Gasteiger partial charge in [-0.3, -0.25) is 9.59 Å². The van der Waals surface area contributed by atoms with Gasteiger partial charge in [-0.25, -0.2) is 4.98 Å². The van der Waals surface area contributed by atoms with Gasteiger partial charge in [-0.1, -0.05) is 18.2 Å². The van der Waals surface area contributed by atoms with E-state index in [0.717, 1.165) is 0 Å². The zero-order chi connectivity index (χ0) is 13.8. The van der Waals surface area contributed by atoms with Crippen molar-refractivity contribution in [1.29, 1.82) is 0 Å². The smallest absolute Gasteiger partial charge is 0.307 e. The molecule has 1 aromatic heterocycles. The van der Waals surface area contributed by atoms with Crippen LogP contribution in [0.3, 0.4) is 0 Å². The van der Waals surface area contributed by atoms with Crippen molar-refractivity contribution in [2.24, 2.45) is 0 Å². The number of benzene rings is 1. The normalized spacial score (nSPS) is 10.2. The Hall–Kier alpha value is -2.21. The Balaban J connectivity index is 2.22. The van der Waals surface area contributed by atoms with E-state index in [2.05, 4.69) is 10.3 Å². The van der Waals surface area contributed by atoms with Crippen molar-refractivity contribution in [2.75, 3.05) is 5.32 Å². The Bertz CT molecular complexity index is 622. The van der Waals surface area contributed by atoms with Crippen molar-refractivity contribution in [1.82, 2.24) is 4.98 Å². The predicted molar refractivity (Wildman–Crippen MR) is 72.6 cm³/mol. The molecule has 0 saturated heterocycles. The number of nitrogens with zero attached hydrogens (tertiary/aromatic N) is 1. The first kappa shape index (κ1) is 13.2. The van der Waals surface area contributed by atoms with E-state index in [9.17, 15) is 9.59 Å². The van der Waals surface area contributed by atoms with Gasteiger partial charge < -0.3 is 10.4 Å². The minimum Gasteiger partial charge on any atom is -0.481 e. The van der Waals surface area contributed by atoms with Crippen molar-refractivity contribution >= 4 is 28.9 Å². The van der Waals surface area contributed by atoms with Gasteiger partial charge in [0.05, 0.1) is 17.6 Å². The van der Waals surface area contributed by atoms with Crippen LogP contribution in [0.15, 0.2) is 29.8 Å². The van der Waals surface area contributed by atoms with Crippen LogP contribution in [0.4, 0.5) is 5.69 Å². The first-order valence-corrected chi connectivity index (χ1v) is 6.47. The summed E-state index contributed by atoms with van der Waals surface area (Å²) in [4.78, 5) is 27.4. The standard InChI is InChI=1S/C13H12N2O3S/c1-8-12(19-7-14-8)13(18)15-10-5-3-2-4-9(10)6-11(16)17/h2-5,7H,6H2,1H3,(H,15,18)(H,16,17). The third kappa shape index (κ3) is 3.17. The van der Waals surface area contributed by atoms with Crippen LogP contribution in [0.1, 0.15) is 20.9 Å². The molecule has 1 amide bonds. The molecular formula is C13H12N2O3S. The predicted octanol–water partition coefficient (Wildman–Crippen LogP) is 2.33. The third-order valence-corrected chi connectivity index (χ3v) is 3.49. The summed E-state index contributed by atoms with van der Waals surface area (Å²) in [7, 11) is 0. The number of aryl methyl sites for hydroxylation is 1. The number of para-hydroxylation sites is 1. The number of nitrogens with one attached hydrogen (secondary N) is 1. The van der Waals surface area contributed by atoms with Crippen molar-refractivity contribution < 1.29 is 14.7 Å². The van der Waals surface area contributed by atoms with Gasteiger partial charge in [0.2, 0.25) is 0 Å². The number of anilines is 1. The molecule has 5 nitrogen and oxygen atoms in total. The summed E-state index contributed by atoms with van der Waals surface area (Å²) in [6.45, 7) is 1.76. The van der Waals surface area contributed by atoms with Gasteiger partial charge in [0, 0.05) is 5.69 Å². The van der Waals surface area contributed by atoms with E-state index in [1.54, 1.807) is 36.7 Å². The molecular weight excluding hydrogens is 264 g/mol. The zero-order valence-corrected chi connectivity index (χ0v) is 11.0. The number of aliphatic carboxylic acids is 1. The minimum atomic E-state index is -0.935. The fourth-order valence-electron chi connectivity index (χ4n) is 1.66. The third-order valence-electron chi connectivity index (χ3n) is 2.56. The molecule has 0 fully saturated rings. The molecule has 2 N–H and O–H groups in total. The van der Waals surface area contributed by atoms with E-state index in [1.807, 2.05) is 0 Å². The van der Waals surface area contributed by atoms with Crippen LogP contribution >= 0.6 is 11.3 Å². The van der Waals surface area contributed by atoms with Gasteiger partial charge in [-0.05, 0) is 18.6 Å². The van der Waals surface area contributed by atoms with Crippen LogP contribution in [-0.2, 0) is 11.2 Å². The van der Waals surface area contributed by atoms with Gasteiger partial charge >= 0.3 is 5.97 Å². The minimum absolute atomic E-state index is 0.127. The van der Waals surface area contributed by atoms with Gasteiger partial charge in [-0.15, -0.1) is 11.3 Å². The second-order valence-corrected chi connectivity index (χ2v) is 4.80. The summed E-state index contributed by atoms with van der Waals surface area (Å²) in [5.74, 6) is -1.20. The highest BCUT2D eigenvalue weighted by Gasteiger charge is 2.14. The number of hydrogen-bond acceptors (Lipinski definition) is 4. The quantitative estimate of drug-likeness (QED) is 0.898. The van der Waals surface area contributed by atoms with E-state index >= 15 is 0 Å². The molecule has 98 valence electrons. The summed E-state index contributed by atoms with van der Waals surface area (Å²) < 4.78 is 0. The molecule has 6 heteroatoms. The number of hydrogen-bond donors (Lipinski definition) is 2. The van der Waals surface area contributed by atoms with Crippen LogP contribution in [0.5, 0.6) is 0 Å². The molecule has 2 aromatic rings. The highest BCUT2D eigenvalue weighted by molar-refractivity contribution is 7.12. The second kappa shape index (κ2) is 5.62. The van der Waals surface area contributed by atoms with Gasteiger partial charge in [0.1, 0.15) is 4.88 Å². The Labute approximate surface area is 113 Å². The summed E-state index contributed by atoms with van der Waals surface area (Å²) in [6, 6.07) is 6.86. The molecule has 0 bridgehead atoms. The zero-order valence-electron chi connectivity index (χ0n) is 10.2. The summed E-state index contributed by atoms with van der Waals surface area (Å²) >= 11 is 1.26. The Morgan fingerprint density at radius 2 is 2.11 bits per heavy atom. The SMILES string of the molecule is Cc1ncsc1C(=O)Nc1ccccc1CC(=O)O. The van der Waals surface area contributed by atoms with E-state index in [-0.39, 0.29) is 12.3 Å². The highest BCUT2D eigenvalue weighted by atomic mass is 32.1. The first-order chi connectivity index (χ1) is 9.08. The van der Waals surface area contributed by atoms with Crippen LogP contribution in [0.25, 0.3) is 0 Å². The maximum absolute atomic E-state index is 12.0. The lowest BCUT2D eigenvalue weighted by molar-refractivity contribution is -0.136. The Kier molecular flexibility index (Phi) is 3.91. The van der Waals surface area contributed by atoms with Gasteiger partial charge in [0.15, 0.2) is 0 Å². The topological polar surface area (TPSA) is 79.3 Å². The molecule has 0 aliphatic carbocycles. The largest absolute Gasteiger partial charge is 0.481 e. The maximum atomic E-state index is 12.0. The molecule has 1 aromatic carbocycles. The lowest BCUT2D eigenvalue weighted by Gasteiger charge is -2.08. The Morgan fingerprint density at radius 3 is 2.74 bits per heavy atom. The molecule has 1 heterocycles. The summed E-state index contributed by atoms with van der Waals surface area (Å²) in [6.07, 6.45) is -0.127. The number of carbonyl (C=O) groups is 2. The fourth-order valence-corrected chi connectivity index (χ4v) is 2.36. The van der Waals surface area contributed by atoms with Crippen molar-refractivity contribution in [2.45, 2.75) is 13.3 Å². The van der Waals surface area contributed by atoms with E-state index in [4.69, 9.17) is 5.11 Å². The van der Waals surface area contributed by atoms with Gasteiger partial charge in [0.25, 0.3) is 5.91 Å². The van der Waals surface area contributed by atoms with E-state index < -0.39 is 5.97 Å². The van der Waals surface area contributed by atoms with E-state index in [0.29, 0.717) is 21.8 Å². The van der Waals surface area contributed by atoms with Crippen LogP contribution in [-0.4, -0.2) is 22.0 Å². The van der Waals surface area contributed by atoms with Crippen LogP contribution in [0, 0.1) is 6.92 Å². The lowest BCUT2D eigenvalue weighted by Crippen LogP contribution is -2.14. The highest BCUT2D eigenvalue weighted by Crippen LogP contribution is 2.19. The van der Waals surface area contributed by atoms with Crippen molar-refractivity contribution in [3.05, 3.63) is 45.9 Å². The lowest BCUT2D eigenvalue weighted by atomic mass is 10.1. The molecule has 0 spiro atoms. The number of thiazole rings is 1. The molecule has 2 rings (SSSR count). The van der Waals surface area contributed by atoms with Gasteiger partial charge in [-0.2, -0.15) is 0 Å². The number of carboxylic acid groups (broad SMARTS) is 1. The van der Waals surface area contributed by atoms with Crippen LogP contribution in [0.2, 0.25) is 0 Å². The monoisotopic (exact) mass is 276 g/mol. The average Bonchev–Trinajstić information content (AvgIpc) is 2.77. The number of carboxylic acids is 1. The molecule has 0 radical (unpaired) electrons. The van der Waals surface area contributed by atoms with Crippen molar-refractivity contribution in [3.8, 4) is 0 Å². The summed E-state index contributed by atoms with van der Waals surface area (Å²) in [5.41, 5.74) is 3.36. The number of rotatable bonds is 4.